The normalized spacial score (nSPS) is 20.6. The molecule has 0 bridgehead atoms. The van der Waals surface area contributed by atoms with Crippen molar-refractivity contribution in [2.24, 2.45) is 7.05 Å². The van der Waals surface area contributed by atoms with Crippen molar-refractivity contribution >= 4 is 23.2 Å². The molecule has 2 N–H and O–H groups in total. The zero-order valence-electron chi connectivity index (χ0n) is 16.3. The molecule has 8 heteroatoms. The van der Waals surface area contributed by atoms with Crippen molar-refractivity contribution in [1.29, 1.82) is 0 Å². The van der Waals surface area contributed by atoms with Crippen molar-refractivity contribution in [3.8, 4) is 5.75 Å². The van der Waals surface area contributed by atoms with Crippen LogP contribution in [0.15, 0.2) is 30.5 Å². The van der Waals surface area contributed by atoms with Gasteiger partial charge in [0.25, 0.3) is 0 Å². The summed E-state index contributed by atoms with van der Waals surface area (Å²) in [6.45, 7) is 3.81. The fourth-order valence-corrected chi connectivity index (χ4v) is 3.51. The summed E-state index contributed by atoms with van der Waals surface area (Å²) in [6.07, 6.45) is 3.64. The highest BCUT2D eigenvalue weighted by atomic mass is 35.5. The molecule has 1 amide bonds. The van der Waals surface area contributed by atoms with Gasteiger partial charge in [-0.25, -0.2) is 0 Å². The van der Waals surface area contributed by atoms with E-state index < -0.39 is 5.60 Å². The van der Waals surface area contributed by atoms with Gasteiger partial charge in [-0.2, -0.15) is 5.10 Å². The maximum atomic E-state index is 12.4. The molecule has 1 aliphatic heterocycles. The lowest BCUT2D eigenvalue weighted by atomic mass is 9.96. The molecule has 1 atom stereocenters. The van der Waals surface area contributed by atoms with Gasteiger partial charge in [-0.1, -0.05) is 17.7 Å². The summed E-state index contributed by atoms with van der Waals surface area (Å²) < 4.78 is 7.48. The summed E-state index contributed by atoms with van der Waals surface area (Å²) in [7, 11) is 1.84. The van der Waals surface area contributed by atoms with Gasteiger partial charge in [0.05, 0.1) is 29.7 Å². The molecule has 1 aromatic carbocycles. The van der Waals surface area contributed by atoms with Crippen molar-refractivity contribution in [3.05, 3.63) is 41.2 Å². The second kappa shape index (κ2) is 8.94. The van der Waals surface area contributed by atoms with E-state index in [1.165, 1.54) is 0 Å². The van der Waals surface area contributed by atoms with Crippen LogP contribution in [-0.2, 0) is 11.8 Å². The fourth-order valence-electron chi connectivity index (χ4n) is 3.33. The van der Waals surface area contributed by atoms with Crippen LogP contribution in [-0.4, -0.2) is 57.5 Å². The maximum Gasteiger partial charge on any atom is 0.238 e. The molecule has 1 unspecified atom stereocenters. The summed E-state index contributed by atoms with van der Waals surface area (Å²) in [5.74, 6) is 0.574. The van der Waals surface area contributed by atoms with E-state index in [0.29, 0.717) is 36.7 Å². The molecule has 0 radical (unpaired) electrons. The van der Waals surface area contributed by atoms with E-state index in [-0.39, 0.29) is 12.5 Å². The van der Waals surface area contributed by atoms with E-state index >= 15 is 0 Å². The number of amides is 1. The summed E-state index contributed by atoms with van der Waals surface area (Å²) in [4.78, 5) is 14.4. The van der Waals surface area contributed by atoms with Gasteiger partial charge in [-0.05, 0) is 50.9 Å². The molecular weight excluding hydrogens is 380 g/mol. The molecule has 152 valence electrons. The molecule has 0 aliphatic carbocycles. The standard InChI is InChI=1S/C20H27ClN4O3/c1-15-18(12-22-24(15)2)23-19(26)13-25-9-4-7-20(27,8-10-25)14-28-17-6-3-5-16(21)11-17/h3,5-6,11-12,27H,4,7-10,13-14H2,1-2H3,(H,23,26). The van der Waals surface area contributed by atoms with Crippen LogP contribution >= 0.6 is 11.6 Å². The Labute approximate surface area is 170 Å². The first-order valence-electron chi connectivity index (χ1n) is 9.46. The van der Waals surface area contributed by atoms with Gasteiger partial charge in [0.1, 0.15) is 12.4 Å². The number of anilines is 1. The largest absolute Gasteiger partial charge is 0.491 e. The highest BCUT2D eigenvalue weighted by Crippen LogP contribution is 2.25. The van der Waals surface area contributed by atoms with Gasteiger partial charge in [-0.3, -0.25) is 14.4 Å². The number of nitrogens with zero attached hydrogens (tertiary/aromatic N) is 3. The molecule has 1 saturated heterocycles. The second-order valence-electron chi connectivity index (χ2n) is 7.42. The first-order valence-corrected chi connectivity index (χ1v) is 9.84. The minimum absolute atomic E-state index is 0.0725. The van der Waals surface area contributed by atoms with Crippen LogP contribution in [0, 0.1) is 6.92 Å². The molecule has 1 fully saturated rings. The molecule has 1 aliphatic rings. The summed E-state index contributed by atoms with van der Waals surface area (Å²) >= 11 is 5.97. The third-order valence-electron chi connectivity index (χ3n) is 5.19. The number of aryl methyl sites for hydroxylation is 1. The SMILES string of the molecule is Cc1c(NC(=O)CN2CCCC(O)(COc3cccc(Cl)c3)CC2)cnn1C. The minimum Gasteiger partial charge on any atom is -0.491 e. The molecule has 0 saturated carbocycles. The number of benzene rings is 1. The predicted molar refractivity (Wildman–Crippen MR) is 109 cm³/mol. The van der Waals surface area contributed by atoms with E-state index in [1.807, 2.05) is 26.1 Å². The van der Waals surface area contributed by atoms with Crippen molar-refractivity contribution in [2.45, 2.75) is 31.8 Å². The van der Waals surface area contributed by atoms with E-state index in [4.69, 9.17) is 16.3 Å². The number of hydrogen-bond donors (Lipinski definition) is 2. The van der Waals surface area contributed by atoms with Gasteiger partial charge >= 0.3 is 0 Å². The summed E-state index contributed by atoms with van der Waals surface area (Å²) in [6, 6.07) is 7.16. The number of hydrogen-bond acceptors (Lipinski definition) is 5. The van der Waals surface area contributed by atoms with E-state index in [9.17, 15) is 9.90 Å². The molecule has 7 nitrogen and oxygen atoms in total. The van der Waals surface area contributed by atoms with Crippen LogP contribution in [0.3, 0.4) is 0 Å². The predicted octanol–water partition coefficient (Wildman–Crippen LogP) is 2.62. The third-order valence-corrected chi connectivity index (χ3v) is 5.43. The molecule has 2 heterocycles. The molecule has 28 heavy (non-hydrogen) atoms. The number of aliphatic hydroxyl groups is 1. The van der Waals surface area contributed by atoms with Gasteiger partial charge in [0.2, 0.25) is 5.91 Å². The van der Waals surface area contributed by atoms with E-state index in [1.54, 1.807) is 23.0 Å². The van der Waals surface area contributed by atoms with Crippen molar-refractivity contribution in [3.63, 3.8) is 0 Å². The number of likely N-dealkylation sites (tertiary alicyclic amines) is 1. The van der Waals surface area contributed by atoms with Gasteiger partial charge < -0.3 is 15.2 Å². The summed E-state index contributed by atoms with van der Waals surface area (Å²) in [5, 5.41) is 18.6. The minimum atomic E-state index is -0.909. The number of halogens is 1. The van der Waals surface area contributed by atoms with Gasteiger partial charge in [-0.15, -0.1) is 0 Å². The molecule has 3 rings (SSSR count). The highest BCUT2D eigenvalue weighted by molar-refractivity contribution is 6.30. The number of aromatic nitrogens is 2. The van der Waals surface area contributed by atoms with Crippen LogP contribution in [0.5, 0.6) is 5.75 Å². The zero-order valence-corrected chi connectivity index (χ0v) is 17.1. The lowest BCUT2D eigenvalue weighted by molar-refractivity contribution is -0.117. The van der Waals surface area contributed by atoms with Crippen LogP contribution in [0.4, 0.5) is 5.69 Å². The second-order valence-corrected chi connectivity index (χ2v) is 7.85. The monoisotopic (exact) mass is 406 g/mol. The quantitative estimate of drug-likeness (QED) is 0.770. The number of nitrogens with one attached hydrogen (secondary N) is 1. The Hall–Kier alpha value is -2.09. The lowest BCUT2D eigenvalue weighted by Gasteiger charge is -2.27. The Morgan fingerprint density at radius 3 is 2.93 bits per heavy atom. The summed E-state index contributed by atoms with van der Waals surface area (Å²) in [5.41, 5.74) is 0.735. The lowest BCUT2D eigenvalue weighted by Crippen LogP contribution is -2.38. The van der Waals surface area contributed by atoms with Crippen molar-refractivity contribution in [2.75, 3.05) is 31.6 Å². The van der Waals surface area contributed by atoms with Crippen molar-refractivity contribution < 1.29 is 14.6 Å². The highest BCUT2D eigenvalue weighted by Gasteiger charge is 2.31. The Morgan fingerprint density at radius 1 is 1.39 bits per heavy atom. The Morgan fingerprint density at radius 2 is 2.21 bits per heavy atom. The number of ether oxygens (including phenoxy) is 1. The van der Waals surface area contributed by atoms with Gasteiger partial charge in [0.15, 0.2) is 0 Å². The topological polar surface area (TPSA) is 79.6 Å². The first kappa shape index (κ1) is 20.6. The maximum absolute atomic E-state index is 12.4. The molecular formula is C20H27ClN4O3. The van der Waals surface area contributed by atoms with Crippen LogP contribution < -0.4 is 10.1 Å². The molecule has 0 spiro atoms. The van der Waals surface area contributed by atoms with Crippen LogP contribution in [0.25, 0.3) is 0 Å². The average molecular weight is 407 g/mol. The molecule has 1 aromatic heterocycles. The number of carbonyl (C=O) groups excluding carboxylic acids is 1. The van der Waals surface area contributed by atoms with E-state index in [2.05, 4.69) is 15.3 Å². The number of carbonyl (C=O) groups is 1. The Balaban J connectivity index is 1.49. The third kappa shape index (κ3) is 5.47. The van der Waals surface area contributed by atoms with Gasteiger partial charge in [0, 0.05) is 18.6 Å². The van der Waals surface area contributed by atoms with E-state index in [0.717, 1.165) is 24.3 Å². The molecule has 2 aromatic rings. The van der Waals surface area contributed by atoms with Crippen LogP contribution in [0.1, 0.15) is 25.0 Å². The smallest absolute Gasteiger partial charge is 0.238 e. The van der Waals surface area contributed by atoms with Crippen LogP contribution in [0.2, 0.25) is 5.02 Å². The zero-order chi connectivity index (χ0) is 20.1. The average Bonchev–Trinajstić information content (AvgIpc) is 2.86. The first-order chi connectivity index (χ1) is 13.3. The van der Waals surface area contributed by atoms with Crippen molar-refractivity contribution in [1.82, 2.24) is 14.7 Å². The number of rotatable bonds is 6. The fraction of sp³-hybridized carbons (Fsp3) is 0.500. The Bertz CT molecular complexity index is 826. The Kier molecular flexibility index (Phi) is 6.59.